The van der Waals surface area contributed by atoms with Gasteiger partial charge in [0, 0.05) is 23.5 Å². The number of hydrogen-bond donors (Lipinski definition) is 1. The van der Waals surface area contributed by atoms with E-state index in [9.17, 15) is 0 Å². The second-order valence-electron chi connectivity index (χ2n) is 6.62. The predicted molar refractivity (Wildman–Crippen MR) is 107 cm³/mol. The van der Waals surface area contributed by atoms with Crippen LogP contribution in [0.5, 0.6) is 0 Å². The van der Waals surface area contributed by atoms with Crippen molar-refractivity contribution >= 4 is 34.6 Å². The molecule has 9 heteroatoms. The normalized spacial score (nSPS) is 15.2. The van der Waals surface area contributed by atoms with Gasteiger partial charge in [0.2, 0.25) is 5.95 Å². The van der Waals surface area contributed by atoms with Crippen molar-refractivity contribution < 1.29 is 4.52 Å². The molecule has 4 aromatic rings. The van der Waals surface area contributed by atoms with Gasteiger partial charge in [-0.1, -0.05) is 35.3 Å². The third-order valence-corrected chi connectivity index (χ3v) is 5.99. The molecule has 3 aromatic heterocycles. The number of aromatic nitrogens is 5. The van der Waals surface area contributed by atoms with Crippen LogP contribution >= 0.6 is 22.9 Å². The van der Waals surface area contributed by atoms with E-state index >= 15 is 0 Å². The van der Waals surface area contributed by atoms with Crippen LogP contribution in [0.15, 0.2) is 52.6 Å². The Bertz CT molecular complexity index is 1090. The highest BCUT2D eigenvalue weighted by Crippen LogP contribution is 2.48. The van der Waals surface area contributed by atoms with Crippen molar-refractivity contribution in [1.82, 2.24) is 25.1 Å². The summed E-state index contributed by atoms with van der Waals surface area (Å²) >= 11 is 7.26. The van der Waals surface area contributed by atoms with E-state index in [0.29, 0.717) is 27.8 Å². The van der Waals surface area contributed by atoms with Crippen LogP contribution in [0.25, 0.3) is 11.6 Å². The van der Waals surface area contributed by atoms with E-state index in [1.54, 1.807) is 18.5 Å². The van der Waals surface area contributed by atoms with Crippen LogP contribution in [-0.4, -0.2) is 25.1 Å². The molecule has 1 saturated carbocycles. The highest BCUT2D eigenvalue weighted by Gasteiger charge is 2.44. The number of benzene rings is 1. The van der Waals surface area contributed by atoms with Crippen molar-refractivity contribution in [3.8, 4) is 11.6 Å². The first-order valence-electron chi connectivity index (χ1n) is 8.83. The average molecular weight is 411 g/mol. The van der Waals surface area contributed by atoms with Gasteiger partial charge in [-0.25, -0.2) is 15.0 Å². The lowest BCUT2D eigenvalue weighted by Gasteiger charge is -2.39. The number of rotatable bonds is 5. The van der Waals surface area contributed by atoms with Crippen molar-refractivity contribution in [1.29, 1.82) is 0 Å². The first kappa shape index (κ1) is 17.3. The van der Waals surface area contributed by atoms with Crippen molar-refractivity contribution in [2.45, 2.75) is 24.7 Å². The van der Waals surface area contributed by atoms with Gasteiger partial charge in [0.15, 0.2) is 10.3 Å². The lowest BCUT2D eigenvalue weighted by atomic mass is 9.64. The van der Waals surface area contributed by atoms with Crippen LogP contribution in [0.4, 0.5) is 11.6 Å². The SMILES string of the molecule is Clc1nc(-c2nc(C3(c4ccc(Nc5ncccn5)cc4)CCC3)no2)cs1. The molecule has 0 atom stereocenters. The fourth-order valence-electron chi connectivity index (χ4n) is 3.41. The maximum atomic E-state index is 5.92. The summed E-state index contributed by atoms with van der Waals surface area (Å²) in [4.78, 5) is 17.2. The Labute approximate surface area is 169 Å². The van der Waals surface area contributed by atoms with Crippen LogP contribution in [-0.2, 0) is 5.41 Å². The Morgan fingerprint density at radius 2 is 1.86 bits per heavy atom. The van der Waals surface area contributed by atoms with Gasteiger partial charge >= 0.3 is 0 Å². The van der Waals surface area contributed by atoms with Gasteiger partial charge in [0.05, 0.1) is 5.41 Å². The van der Waals surface area contributed by atoms with E-state index in [1.165, 1.54) is 16.9 Å². The standard InChI is InChI=1S/C19H15ClN6OS/c20-17-24-14(11-28-17)15-25-16(26-27-15)19(7-1-8-19)12-3-5-13(6-4-12)23-18-21-9-2-10-22-18/h2-6,9-11H,1,7-8H2,(H,21,22,23). The van der Waals surface area contributed by atoms with Crippen LogP contribution in [0.2, 0.25) is 4.47 Å². The smallest absolute Gasteiger partial charge is 0.277 e. The molecule has 140 valence electrons. The summed E-state index contributed by atoms with van der Waals surface area (Å²) in [5.41, 5.74) is 2.49. The maximum Gasteiger partial charge on any atom is 0.277 e. The molecule has 7 nitrogen and oxygen atoms in total. The third kappa shape index (κ3) is 3.04. The zero-order chi connectivity index (χ0) is 19.0. The fraction of sp³-hybridized carbons (Fsp3) is 0.211. The number of nitrogens with one attached hydrogen (secondary N) is 1. The number of thiazole rings is 1. The van der Waals surface area contributed by atoms with Gasteiger partial charge in [0.1, 0.15) is 5.69 Å². The van der Waals surface area contributed by atoms with E-state index in [4.69, 9.17) is 16.1 Å². The largest absolute Gasteiger partial charge is 0.332 e. The first-order chi connectivity index (χ1) is 13.7. The molecule has 0 saturated heterocycles. The van der Waals surface area contributed by atoms with Crippen LogP contribution < -0.4 is 5.32 Å². The van der Waals surface area contributed by atoms with Crippen molar-refractivity contribution in [2.24, 2.45) is 0 Å². The van der Waals surface area contributed by atoms with E-state index in [0.717, 1.165) is 24.9 Å². The summed E-state index contributed by atoms with van der Waals surface area (Å²) in [6, 6.07) is 10.0. The Balaban J connectivity index is 1.41. The molecule has 0 spiro atoms. The predicted octanol–water partition coefficient (Wildman–Crippen LogP) is 4.85. The molecular weight excluding hydrogens is 396 g/mol. The quantitative estimate of drug-likeness (QED) is 0.502. The third-order valence-electron chi connectivity index (χ3n) is 5.02. The average Bonchev–Trinajstić information content (AvgIpc) is 3.33. The minimum Gasteiger partial charge on any atom is -0.332 e. The summed E-state index contributed by atoms with van der Waals surface area (Å²) in [5.74, 6) is 1.67. The molecule has 1 fully saturated rings. The molecule has 1 aliphatic rings. The highest BCUT2D eigenvalue weighted by atomic mass is 35.5. The van der Waals surface area contributed by atoms with Gasteiger partial charge < -0.3 is 9.84 Å². The molecule has 3 heterocycles. The second kappa shape index (κ2) is 6.96. The van der Waals surface area contributed by atoms with E-state index < -0.39 is 0 Å². The van der Waals surface area contributed by atoms with Crippen molar-refractivity contribution in [3.63, 3.8) is 0 Å². The molecule has 0 bridgehead atoms. The number of halogens is 1. The molecule has 28 heavy (non-hydrogen) atoms. The van der Waals surface area contributed by atoms with E-state index in [-0.39, 0.29) is 5.41 Å². The van der Waals surface area contributed by atoms with Crippen molar-refractivity contribution in [2.75, 3.05) is 5.32 Å². The lowest BCUT2D eigenvalue weighted by molar-refractivity contribution is 0.273. The number of anilines is 2. The van der Waals surface area contributed by atoms with Crippen molar-refractivity contribution in [3.05, 3.63) is 64.0 Å². The summed E-state index contributed by atoms with van der Waals surface area (Å²) < 4.78 is 5.92. The summed E-state index contributed by atoms with van der Waals surface area (Å²) in [5, 5.41) is 9.28. The van der Waals surface area contributed by atoms with Gasteiger partial charge in [0.25, 0.3) is 5.89 Å². The first-order valence-corrected chi connectivity index (χ1v) is 10.1. The summed E-state index contributed by atoms with van der Waals surface area (Å²) in [6.45, 7) is 0. The topological polar surface area (TPSA) is 89.6 Å². The van der Waals surface area contributed by atoms with Gasteiger partial charge in [-0.05, 0) is 36.6 Å². The molecule has 1 aromatic carbocycles. The Morgan fingerprint density at radius 3 is 2.50 bits per heavy atom. The van der Waals surface area contributed by atoms with Gasteiger partial charge in [-0.15, -0.1) is 11.3 Å². The van der Waals surface area contributed by atoms with E-state index in [2.05, 4.69) is 42.5 Å². The minimum absolute atomic E-state index is 0.219. The minimum atomic E-state index is -0.219. The molecule has 0 radical (unpaired) electrons. The Hall–Kier alpha value is -2.84. The monoisotopic (exact) mass is 410 g/mol. The molecule has 0 amide bonds. The van der Waals surface area contributed by atoms with Gasteiger partial charge in [-0.3, -0.25) is 0 Å². The second-order valence-corrected chi connectivity index (χ2v) is 8.06. The maximum absolute atomic E-state index is 5.92. The highest BCUT2D eigenvalue weighted by molar-refractivity contribution is 7.14. The Kier molecular flexibility index (Phi) is 4.29. The number of nitrogens with zero attached hydrogens (tertiary/aromatic N) is 5. The summed E-state index contributed by atoms with van der Waals surface area (Å²) in [7, 11) is 0. The van der Waals surface area contributed by atoms with Crippen LogP contribution in [0, 0.1) is 0 Å². The zero-order valence-corrected chi connectivity index (χ0v) is 16.2. The van der Waals surface area contributed by atoms with E-state index in [1.807, 2.05) is 17.5 Å². The molecule has 1 N–H and O–H groups in total. The lowest BCUT2D eigenvalue weighted by Crippen LogP contribution is -2.36. The summed E-state index contributed by atoms with van der Waals surface area (Å²) in [6.07, 6.45) is 6.51. The molecule has 0 aliphatic heterocycles. The molecular formula is C19H15ClN6OS. The number of hydrogen-bond acceptors (Lipinski definition) is 8. The van der Waals surface area contributed by atoms with Gasteiger partial charge in [-0.2, -0.15) is 4.98 Å². The molecule has 5 rings (SSSR count). The van der Waals surface area contributed by atoms with Crippen LogP contribution in [0.1, 0.15) is 30.7 Å². The fourth-order valence-corrected chi connectivity index (χ4v) is 4.15. The zero-order valence-electron chi connectivity index (χ0n) is 14.7. The Morgan fingerprint density at radius 1 is 1.07 bits per heavy atom. The van der Waals surface area contributed by atoms with Crippen LogP contribution in [0.3, 0.4) is 0 Å². The molecule has 0 unspecified atom stereocenters. The molecule has 1 aliphatic carbocycles.